The summed E-state index contributed by atoms with van der Waals surface area (Å²) in [6.45, 7) is 2.10. The van der Waals surface area contributed by atoms with E-state index in [-0.39, 0.29) is 5.91 Å². The maximum atomic E-state index is 12.5. The zero-order valence-corrected chi connectivity index (χ0v) is 15.1. The van der Waals surface area contributed by atoms with Crippen molar-refractivity contribution in [2.75, 3.05) is 0 Å². The number of benzene rings is 1. The minimum absolute atomic E-state index is 0.0773. The molecule has 1 aliphatic rings. The molecule has 6 nitrogen and oxygen atoms in total. The number of carbonyl (C=O) groups excluding carboxylic acids is 1. The number of nitrogens with one attached hydrogen (secondary N) is 1. The molecular weight excluding hydrogens is 328 g/mol. The van der Waals surface area contributed by atoms with E-state index in [1.165, 1.54) is 25.7 Å². The molecule has 0 radical (unpaired) electrons. The molecule has 0 aliphatic heterocycles. The summed E-state index contributed by atoms with van der Waals surface area (Å²) in [7, 11) is 0. The number of aromatic nitrogens is 3. The van der Waals surface area contributed by atoms with E-state index in [4.69, 9.17) is 4.42 Å². The molecule has 6 heteroatoms. The highest BCUT2D eigenvalue weighted by Crippen LogP contribution is 2.24. The summed E-state index contributed by atoms with van der Waals surface area (Å²) < 4.78 is 7.50. The summed E-state index contributed by atoms with van der Waals surface area (Å²) in [5.74, 6) is 1.12. The van der Waals surface area contributed by atoms with E-state index in [9.17, 15) is 4.79 Å². The molecule has 1 aliphatic carbocycles. The molecule has 1 saturated carbocycles. The number of carbonyl (C=O) groups is 1. The topological polar surface area (TPSA) is 73.0 Å². The van der Waals surface area contributed by atoms with Crippen molar-refractivity contribution in [2.45, 2.75) is 58.0 Å². The van der Waals surface area contributed by atoms with Crippen LogP contribution in [0, 0.1) is 6.92 Å². The third-order valence-corrected chi connectivity index (χ3v) is 5.08. The smallest absolute Gasteiger partial charge is 0.247 e. The first-order valence-electron chi connectivity index (χ1n) is 9.38. The standard InChI is InChI=1S/C20H24N4O2/c1-14-22-23-20(26-14)16-9-8-15-10-11-24(18(15)12-16)13-19(25)21-17-6-4-2-3-5-7-17/h8-12,17H,2-7,13H2,1H3,(H,21,25). The van der Waals surface area contributed by atoms with Crippen LogP contribution in [-0.2, 0) is 11.3 Å². The number of hydrogen-bond acceptors (Lipinski definition) is 4. The summed E-state index contributed by atoms with van der Waals surface area (Å²) in [4.78, 5) is 12.5. The Labute approximate surface area is 152 Å². The van der Waals surface area contributed by atoms with Crippen molar-refractivity contribution in [1.82, 2.24) is 20.1 Å². The lowest BCUT2D eigenvalue weighted by molar-refractivity contribution is -0.122. The Morgan fingerprint density at radius 1 is 1.19 bits per heavy atom. The van der Waals surface area contributed by atoms with E-state index in [0.29, 0.717) is 24.4 Å². The molecule has 0 bridgehead atoms. The molecule has 0 atom stereocenters. The average molecular weight is 352 g/mol. The minimum Gasteiger partial charge on any atom is -0.421 e. The van der Waals surface area contributed by atoms with Crippen LogP contribution in [0.1, 0.15) is 44.4 Å². The first-order valence-corrected chi connectivity index (χ1v) is 9.38. The second kappa shape index (κ2) is 7.32. The summed E-state index contributed by atoms with van der Waals surface area (Å²) in [6.07, 6.45) is 9.14. The van der Waals surface area contributed by atoms with Gasteiger partial charge in [-0.25, -0.2) is 0 Å². The number of nitrogens with zero attached hydrogens (tertiary/aromatic N) is 3. The Morgan fingerprint density at radius 2 is 2.00 bits per heavy atom. The van der Waals surface area contributed by atoms with Crippen LogP contribution in [0.15, 0.2) is 34.9 Å². The molecule has 1 fully saturated rings. The number of amides is 1. The maximum Gasteiger partial charge on any atom is 0.247 e. The van der Waals surface area contributed by atoms with Crippen molar-refractivity contribution in [3.63, 3.8) is 0 Å². The number of aryl methyl sites for hydroxylation is 1. The lowest BCUT2D eigenvalue weighted by Crippen LogP contribution is -2.36. The summed E-state index contributed by atoms with van der Waals surface area (Å²) in [5.41, 5.74) is 1.86. The quantitative estimate of drug-likeness (QED) is 0.724. The van der Waals surface area contributed by atoms with Gasteiger partial charge in [0.1, 0.15) is 6.54 Å². The van der Waals surface area contributed by atoms with Gasteiger partial charge in [0.15, 0.2) is 0 Å². The molecule has 2 heterocycles. The number of hydrogen-bond donors (Lipinski definition) is 1. The van der Waals surface area contributed by atoms with Crippen molar-refractivity contribution in [3.8, 4) is 11.5 Å². The molecule has 0 spiro atoms. The summed E-state index contributed by atoms with van der Waals surface area (Å²) in [6, 6.07) is 8.33. The van der Waals surface area contributed by atoms with Crippen LogP contribution in [0.4, 0.5) is 0 Å². The minimum atomic E-state index is 0.0773. The van der Waals surface area contributed by atoms with Gasteiger partial charge in [0.25, 0.3) is 0 Å². The normalized spacial score (nSPS) is 15.9. The van der Waals surface area contributed by atoms with E-state index >= 15 is 0 Å². The highest BCUT2D eigenvalue weighted by atomic mass is 16.4. The van der Waals surface area contributed by atoms with Crippen LogP contribution in [0.3, 0.4) is 0 Å². The zero-order valence-electron chi connectivity index (χ0n) is 15.1. The van der Waals surface area contributed by atoms with Gasteiger partial charge in [0.2, 0.25) is 17.7 Å². The van der Waals surface area contributed by atoms with E-state index in [0.717, 1.165) is 29.3 Å². The molecule has 3 aromatic rings. The Bertz CT molecular complexity index is 904. The maximum absolute atomic E-state index is 12.5. The zero-order chi connectivity index (χ0) is 17.9. The van der Waals surface area contributed by atoms with E-state index in [1.54, 1.807) is 6.92 Å². The first-order chi connectivity index (χ1) is 12.7. The average Bonchev–Trinajstić information content (AvgIpc) is 3.14. The Morgan fingerprint density at radius 3 is 2.73 bits per heavy atom. The van der Waals surface area contributed by atoms with Gasteiger partial charge < -0.3 is 14.3 Å². The fourth-order valence-corrected chi connectivity index (χ4v) is 3.72. The van der Waals surface area contributed by atoms with E-state index in [1.807, 2.05) is 35.0 Å². The third-order valence-electron chi connectivity index (χ3n) is 5.08. The largest absolute Gasteiger partial charge is 0.421 e. The Kier molecular flexibility index (Phi) is 4.73. The molecule has 136 valence electrons. The van der Waals surface area contributed by atoms with Crippen LogP contribution in [0.5, 0.6) is 0 Å². The van der Waals surface area contributed by atoms with Crippen molar-refractivity contribution in [1.29, 1.82) is 0 Å². The lowest BCUT2D eigenvalue weighted by Gasteiger charge is -2.16. The second-order valence-corrected chi connectivity index (χ2v) is 7.10. The number of fused-ring (bicyclic) bond motifs is 1. The van der Waals surface area contributed by atoms with Gasteiger partial charge in [0.05, 0.1) is 0 Å². The van der Waals surface area contributed by atoms with Crippen LogP contribution in [0.25, 0.3) is 22.4 Å². The molecule has 1 aromatic carbocycles. The molecule has 26 heavy (non-hydrogen) atoms. The summed E-state index contributed by atoms with van der Waals surface area (Å²) in [5, 5.41) is 12.3. The van der Waals surface area contributed by atoms with Crippen LogP contribution in [0.2, 0.25) is 0 Å². The molecule has 0 unspecified atom stereocenters. The third kappa shape index (κ3) is 3.64. The van der Waals surface area contributed by atoms with Gasteiger partial charge in [0, 0.05) is 30.2 Å². The molecule has 4 rings (SSSR count). The van der Waals surface area contributed by atoms with Gasteiger partial charge in [-0.2, -0.15) is 0 Å². The predicted molar refractivity (Wildman–Crippen MR) is 99.6 cm³/mol. The molecule has 2 aromatic heterocycles. The van der Waals surface area contributed by atoms with Crippen molar-refractivity contribution in [2.24, 2.45) is 0 Å². The van der Waals surface area contributed by atoms with E-state index in [2.05, 4.69) is 15.5 Å². The fraction of sp³-hybridized carbons (Fsp3) is 0.450. The van der Waals surface area contributed by atoms with Gasteiger partial charge >= 0.3 is 0 Å². The van der Waals surface area contributed by atoms with E-state index < -0.39 is 0 Å². The predicted octanol–water partition coefficient (Wildman–Crippen LogP) is 3.84. The summed E-state index contributed by atoms with van der Waals surface area (Å²) >= 11 is 0. The van der Waals surface area contributed by atoms with Crippen molar-refractivity contribution in [3.05, 3.63) is 36.4 Å². The Balaban J connectivity index is 1.51. The number of rotatable bonds is 4. The SMILES string of the molecule is Cc1nnc(-c2ccc3ccn(CC(=O)NC4CCCCCC4)c3c2)o1. The van der Waals surface area contributed by atoms with Crippen LogP contribution < -0.4 is 5.32 Å². The molecule has 1 N–H and O–H groups in total. The first kappa shape index (κ1) is 16.8. The van der Waals surface area contributed by atoms with Crippen molar-refractivity contribution >= 4 is 16.8 Å². The highest BCUT2D eigenvalue weighted by molar-refractivity contribution is 5.86. The lowest BCUT2D eigenvalue weighted by atomic mass is 10.1. The van der Waals surface area contributed by atoms with Crippen LogP contribution in [-0.4, -0.2) is 26.7 Å². The molecule has 0 saturated heterocycles. The molecule has 1 amide bonds. The monoisotopic (exact) mass is 352 g/mol. The van der Waals surface area contributed by atoms with Gasteiger partial charge in [-0.1, -0.05) is 31.7 Å². The van der Waals surface area contributed by atoms with Gasteiger partial charge in [-0.3, -0.25) is 4.79 Å². The second-order valence-electron chi connectivity index (χ2n) is 7.10. The molecular formula is C20H24N4O2. The van der Waals surface area contributed by atoms with Gasteiger partial charge in [-0.15, -0.1) is 10.2 Å². The Hall–Kier alpha value is -2.63. The van der Waals surface area contributed by atoms with Crippen molar-refractivity contribution < 1.29 is 9.21 Å². The highest BCUT2D eigenvalue weighted by Gasteiger charge is 2.16. The van der Waals surface area contributed by atoms with Gasteiger partial charge in [-0.05, 0) is 36.4 Å². The van der Waals surface area contributed by atoms with Crippen LogP contribution >= 0.6 is 0 Å². The fourth-order valence-electron chi connectivity index (χ4n) is 3.72.